The molecule has 25 heavy (non-hydrogen) atoms. The van der Waals surface area contributed by atoms with Gasteiger partial charge in [0.25, 0.3) is 0 Å². The minimum Gasteiger partial charge on any atom is -0.394 e. The lowest BCUT2D eigenvalue weighted by Crippen LogP contribution is -2.32. The van der Waals surface area contributed by atoms with Crippen LogP contribution >= 0.6 is 11.3 Å². The fourth-order valence-electron chi connectivity index (χ4n) is 3.16. The van der Waals surface area contributed by atoms with Crippen LogP contribution in [0.1, 0.15) is 38.4 Å². The summed E-state index contributed by atoms with van der Waals surface area (Å²) >= 11 is 1.60. The van der Waals surface area contributed by atoms with Crippen molar-refractivity contribution < 1.29 is 9.84 Å². The van der Waals surface area contributed by atoms with Crippen molar-refractivity contribution in [2.45, 2.75) is 51.9 Å². The Labute approximate surface area is 150 Å². The van der Waals surface area contributed by atoms with Gasteiger partial charge in [-0.25, -0.2) is 15.0 Å². The van der Waals surface area contributed by atoms with Crippen LogP contribution in [0.25, 0.3) is 20.4 Å². The molecule has 2 N–H and O–H groups in total. The molecule has 3 aromatic rings. The minimum absolute atomic E-state index is 0.0151. The van der Waals surface area contributed by atoms with E-state index >= 15 is 0 Å². The Hall–Kier alpha value is -1.83. The van der Waals surface area contributed by atoms with Gasteiger partial charge in [-0.15, -0.1) is 11.3 Å². The number of ether oxygens (including phenoxy) is 1. The molecule has 0 aliphatic carbocycles. The molecule has 1 aliphatic heterocycles. The lowest BCUT2D eigenvalue weighted by Gasteiger charge is -2.30. The average Bonchev–Trinajstić information content (AvgIpc) is 2.95. The zero-order chi connectivity index (χ0) is 17.6. The molecule has 0 fully saturated rings. The highest BCUT2D eigenvalue weighted by Gasteiger charge is 2.28. The Morgan fingerprint density at radius 2 is 2.24 bits per heavy atom. The number of nitrogens with zero attached hydrogens (tertiary/aromatic N) is 3. The van der Waals surface area contributed by atoms with Gasteiger partial charge in [0.15, 0.2) is 0 Å². The van der Waals surface area contributed by atoms with Crippen molar-refractivity contribution in [1.82, 2.24) is 15.0 Å². The number of nitrogens with one attached hydrogen (secondary N) is 1. The Morgan fingerprint density at radius 3 is 3.00 bits per heavy atom. The first-order chi connectivity index (χ1) is 12.0. The van der Waals surface area contributed by atoms with E-state index in [4.69, 9.17) is 9.72 Å². The summed E-state index contributed by atoms with van der Waals surface area (Å²) in [4.78, 5) is 14.7. The average molecular weight is 358 g/mol. The van der Waals surface area contributed by atoms with Gasteiger partial charge in [-0.05, 0) is 26.3 Å². The first-order valence-corrected chi connectivity index (χ1v) is 9.39. The molecule has 132 valence electrons. The predicted molar refractivity (Wildman–Crippen MR) is 100 cm³/mol. The maximum absolute atomic E-state index is 9.46. The van der Waals surface area contributed by atoms with Crippen LogP contribution in [0.2, 0.25) is 0 Å². The molecule has 0 aromatic carbocycles. The summed E-state index contributed by atoms with van der Waals surface area (Å²) in [5.74, 6) is 0.767. The number of rotatable bonds is 4. The van der Waals surface area contributed by atoms with Crippen LogP contribution in [0.5, 0.6) is 0 Å². The van der Waals surface area contributed by atoms with Gasteiger partial charge in [-0.1, -0.05) is 6.92 Å². The van der Waals surface area contributed by atoms with E-state index in [-0.39, 0.29) is 18.2 Å². The van der Waals surface area contributed by atoms with Crippen molar-refractivity contribution >= 4 is 37.6 Å². The fourth-order valence-corrected chi connectivity index (χ4v) is 4.24. The highest BCUT2D eigenvalue weighted by molar-refractivity contribution is 7.25. The molecule has 1 aliphatic rings. The van der Waals surface area contributed by atoms with Crippen molar-refractivity contribution in [3.8, 4) is 0 Å². The first-order valence-electron chi connectivity index (χ1n) is 8.58. The van der Waals surface area contributed by atoms with E-state index in [1.807, 2.05) is 6.92 Å². The summed E-state index contributed by atoms with van der Waals surface area (Å²) in [5, 5.41) is 13.8. The second kappa shape index (κ2) is 6.16. The van der Waals surface area contributed by atoms with Gasteiger partial charge in [0.2, 0.25) is 0 Å². The highest BCUT2D eigenvalue weighted by Crippen LogP contribution is 2.38. The van der Waals surface area contributed by atoms with Gasteiger partial charge in [-0.3, -0.25) is 0 Å². The van der Waals surface area contributed by atoms with E-state index in [1.165, 1.54) is 0 Å². The number of aliphatic hydroxyl groups excluding tert-OH is 1. The number of pyridine rings is 1. The van der Waals surface area contributed by atoms with Crippen molar-refractivity contribution in [2.75, 3.05) is 11.9 Å². The highest BCUT2D eigenvalue weighted by atomic mass is 32.1. The largest absolute Gasteiger partial charge is 0.394 e. The fraction of sp³-hybridized carbons (Fsp3) is 0.500. The molecular formula is C18H22N4O2S. The summed E-state index contributed by atoms with van der Waals surface area (Å²) < 4.78 is 6.91. The summed E-state index contributed by atoms with van der Waals surface area (Å²) in [5.41, 5.74) is 2.98. The van der Waals surface area contributed by atoms with Gasteiger partial charge in [0, 0.05) is 17.4 Å². The van der Waals surface area contributed by atoms with Crippen molar-refractivity contribution in [1.29, 1.82) is 0 Å². The van der Waals surface area contributed by atoms with Crippen LogP contribution in [0.3, 0.4) is 0 Å². The monoisotopic (exact) mass is 358 g/mol. The molecule has 0 bridgehead atoms. The molecule has 0 amide bonds. The normalized spacial score (nSPS) is 17.6. The maximum Gasteiger partial charge on any atom is 0.147 e. The van der Waals surface area contributed by atoms with Gasteiger partial charge >= 0.3 is 0 Å². The Morgan fingerprint density at radius 1 is 1.40 bits per heavy atom. The van der Waals surface area contributed by atoms with Gasteiger partial charge in [-0.2, -0.15) is 0 Å². The molecule has 6 nitrogen and oxygen atoms in total. The van der Waals surface area contributed by atoms with E-state index in [0.717, 1.165) is 50.4 Å². The second-order valence-corrected chi connectivity index (χ2v) is 8.11. The number of thiophene rings is 1. The van der Waals surface area contributed by atoms with E-state index in [9.17, 15) is 5.11 Å². The molecule has 7 heteroatoms. The standard InChI is InChI=1S/C18H22N4O2S/c1-4-11(7-23)21-16-15-14(19-9-20-16)12-5-10-8-24-18(2,3)6-13(10)22-17(12)25-15/h5,9,11,23H,4,6-8H2,1-3H3,(H,19,20,21). The number of anilines is 1. The summed E-state index contributed by atoms with van der Waals surface area (Å²) in [6.45, 7) is 6.89. The second-order valence-electron chi connectivity index (χ2n) is 7.11. The molecular weight excluding hydrogens is 336 g/mol. The molecule has 0 spiro atoms. The predicted octanol–water partition coefficient (Wildman–Crippen LogP) is 3.27. The van der Waals surface area contributed by atoms with Crippen LogP contribution in [0.15, 0.2) is 12.4 Å². The smallest absolute Gasteiger partial charge is 0.147 e. The maximum atomic E-state index is 9.46. The van der Waals surface area contributed by atoms with E-state index in [2.05, 4.69) is 35.2 Å². The number of fused-ring (bicyclic) bond motifs is 4. The van der Waals surface area contributed by atoms with E-state index < -0.39 is 0 Å². The zero-order valence-corrected chi connectivity index (χ0v) is 15.5. The summed E-state index contributed by atoms with van der Waals surface area (Å²) in [6.07, 6.45) is 3.21. The van der Waals surface area contributed by atoms with Crippen LogP contribution in [0.4, 0.5) is 5.82 Å². The van der Waals surface area contributed by atoms with Gasteiger partial charge < -0.3 is 15.2 Å². The zero-order valence-electron chi connectivity index (χ0n) is 14.7. The van der Waals surface area contributed by atoms with Crippen molar-refractivity contribution in [3.63, 3.8) is 0 Å². The number of hydrogen-bond acceptors (Lipinski definition) is 7. The van der Waals surface area contributed by atoms with Gasteiger partial charge in [0.1, 0.15) is 17.0 Å². The Balaban J connectivity index is 1.84. The molecule has 4 rings (SSSR count). The van der Waals surface area contributed by atoms with E-state index in [1.54, 1.807) is 17.7 Å². The Bertz CT molecular complexity index is 934. The van der Waals surface area contributed by atoms with Crippen LogP contribution in [-0.4, -0.2) is 38.3 Å². The molecule has 0 saturated heterocycles. The minimum atomic E-state index is -0.174. The first kappa shape index (κ1) is 16.6. The number of aromatic nitrogens is 3. The summed E-state index contributed by atoms with van der Waals surface area (Å²) in [7, 11) is 0. The molecule has 0 radical (unpaired) electrons. The lowest BCUT2D eigenvalue weighted by atomic mass is 9.95. The number of hydrogen-bond donors (Lipinski definition) is 2. The molecule has 1 atom stereocenters. The third kappa shape index (κ3) is 2.96. The topological polar surface area (TPSA) is 80.2 Å². The van der Waals surface area contributed by atoms with Crippen LogP contribution < -0.4 is 5.32 Å². The Kier molecular flexibility index (Phi) is 4.10. The summed E-state index contributed by atoms with van der Waals surface area (Å²) in [6, 6.07) is 2.14. The third-order valence-electron chi connectivity index (χ3n) is 4.68. The van der Waals surface area contributed by atoms with Crippen LogP contribution in [0, 0.1) is 0 Å². The molecule has 3 aromatic heterocycles. The molecule has 4 heterocycles. The third-order valence-corrected chi connectivity index (χ3v) is 5.77. The van der Waals surface area contributed by atoms with Crippen LogP contribution in [-0.2, 0) is 17.8 Å². The van der Waals surface area contributed by atoms with E-state index in [0.29, 0.717) is 6.61 Å². The lowest BCUT2D eigenvalue weighted by molar-refractivity contribution is -0.0411. The van der Waals surface area contributed by atoms with Crippen molar-refractivity contribution in [2.24, 2.45) is 0 Å². The van der Waals surface area contributed by atoms with Gasteiger partial charge in [0.05, 0.1) is 40.8 Å². The molecule has 0 saturated carbocycles. The quantitative estimate of drug-likeness (QED) is 0.745. The van der Waals surface area contributed by atoms with Crippen molar-refractivity contribution in [3.05, 3.63) is 23.7 Å². The number of aliphatic hydroxyl groups is 1. The molecule has 1 unspecified atom stereocenters. The SMILES string of the molecule is CCC(CO)Nc1ncnc2c1sc1nc3c(cc12)COC(C)(C)C3.